The van der Waals surface area contributed by atoms with Crippen LogP contribution >= 0.6 is 11.8 Å². The van der Waals surface area contributed by atoms with Crippen molar-refractivity contribution in [2.24, 2.45) is 0 Å². The van der Waals surface area contributed by atoms with Gasteiger partial charge >= 0.3 is 0 Å². The Morgan fingerprint density at radius 3 is 2.71 bits per heavy atom. The highest BCUT2D eigenvalue weighted by atomic mass is 32.2. The second kappa shape index (κ2) is 4.03. The van der Waals surface area contributed by atoms with Crippen molar-refractivity contribution in [2.75, 3.05) is 12.4 Å². The Kier molecular flexibility index (Phi) is 3.10. The normalized spacial score (nSPS) is 41.8. The summed E-state index contributed by atoms with van der Waals surface area (Å²) in [6.07, 6.45) is 2.49. The van der Waals surface area contributed by atoms with Crippen LogP contribution in [0.25, 0.3) is 0 Å². The van der Waals surface area contributed by atoms with Crippen LogP contribution in [-0.4, -0.2) is 35.3 Å². The minimum Gasteiger partial charge on any atom is -0.374 e. The minimum atomic E-state index is 0.0382. The first-order chi connectivity index (χ1) is 6.58. The van der Waals surface area contributed by atoms with E-state index >= 15 is 0 Å². The maximum atomic E-state index is 5.72. The molecule has 3 heteroatoms. The Labute approximate surface area is 91.2 Å². The highest BCUT2D eigenvalue weighted by molar-refractivity contribution is 8.00. The molecule has 2 rings (SSSR count). The van der Waals surface area contributed by atoms with E-state index in [4.69, 9.17) is 4.74 Å². The third kappa shape index (κ3) is 2.26. The Balaban J connectivity index is 1.85. The van der Waals surface area contributed by atoms with E-state index in [0.717, 1.165) is 11.9 Å². The van der Waals surface area contributed by atoms with Gasteiger partial charge in [-0.3, -0.25) is 0 Å². The zero-order chi connectivity index (χ0) is 10.2. The van der Waals surface area contributed by atoms with Gasteiger partial charge in [-0.25, -0.2) is 0 Å². The van der Waals surface area contributed by atoms with Gasteiger partial charge in [0.15, 0.2) is 0 Å². The predicted octanol–water partition coefficient (Wildman–Crippen LogP) is 2.04. The molecule has 2 fully saturated rings. The first-order valence-corrected chi connectivity index (χ1v) is 6.64. The molecule has 0 bridgehead atoms. The predicted molar refractivity (Wildman–Crippen MR) is 61.9 cm³/mol. The van der Waals surface area contributed by atoms with Gasteiger partial charge < -0.3 is 10.1 Å². The molecule has 2 saturated heterocycles. The van der Waals surface area contributed by atoms with Crippen molar-refractivity contribution in [1.29, 1.82) is 0 Å². The van der Waals surface area contributed by atoms with Gasteiger partial charge in [-0.15, -0.1) is 0 Å². The summed E-state index contributed by atoms with van der Waals surface area (Å²) in [6.45, 7) is 7.63. The molecule has 2 aliphatic rings. The van der Waals surface area contributed by atoms with Crippen molar-refractivity contribution in [3.8, 4) is 0 Å². The smallest absolute Gasteiger partial charge is 0.0779 e. The summed E-state index contributed by atoms with van der Waals surface area (Å²) in [5.41, 5.74) is 0.0382. The average Bonchev–Trinajstić information content (AvgIpc) is 2.61. The Hall–Kier alpha value is 0.270. The number of hydrogen-bond donors (Lipinski definition) is 1. The summed E-state index contributed by atoms with van der Waals surface area (Å²) in [6, 6.07) is 1.26. The van der Waals surface area contributed by atoms with E-state index in [0.29, 0.717) is 12.1 Å². The number of ether oxygens (including phenoxy) is 1. The summed E-state index contributed by atoms with van der Waals surface area (Å²) < 4.78 is 5.72. The molecule has 0 radical (unpaired) electrons. The lowest BCUT2D eigenvalue weighted by Crippen LogP contribution is -2.48. The molecule has 1 N–H and O–H groups in total. The number of nitrogens with one attached hydrogen (secondary N) is 1. The monoisotopic (exact) mass is 215 g/mol. The van der Waals surface area contributed by atoms with Gasteiger partial charge in [-0.2, -0.15) is 11.8 Å². The molecule has 0 spiro atoms. The Bertz CT molecular complexity index is 207. The van der Waals surface area contributed by atoms with Crippen LogP contribution in [0.4, 0.5) is 0 Å². The summed E-state index contributed by atoms with van der Waals surface area (Å²) in [7, 11) is 0. The largest absolute Gasteiger partial charge is 0.374 e. The fourth-order valence-corrected chi connectivity index (χ4v) is 3.55. The molecule has 0 amide bonds. The molecular weight excluding hydrogens is 194 g/mol. The third-order valence-electron chi connectivity index (χ3n) is 3.36. The molecule has 2 aliphatic heterocycles. The second-order valence-corrected chi connectivity index (χ2v) is 6.51. The molecule has 14 heavy (non-hydrogen) atoms. The summed E-state index contributed by atoms with van der Waals surface area (Å²) in [4.78, 5) is 0. The van der Waals surface area contributed by atoms with Gasteiger partial charge in [0, 0.05) is 29.7 Å². The first-order valence-electron chi connectivity index (χ1n) is 5.59. The van der Waals surface area contributed by atoms with Crippen molar-refractivity contribution in [2.45, 2.75) is 56.5 Å². The molecule has 2 nitrogen and oxygen atoms in total. The highest BCUT2D eigenvalue weighted by Gasteiger charge is 2.37. The number of thioether (sulfide) groups is 1. The van der Waals surface area contributed by atoms with Crippen LogP contribution in [0.2, 0.25) is 0 Å². The van der Waals surface area contributed by atoms with Gasteiger partial charge in [0.1, 0.15) is 0 Å². The van der Waals surface area contributed by atoms with Gasteiger partial charge in [0.05, 0.1) is 5.60 Å². The van der Waals surface area contributed by atoms with Crippen LogP contribution in [0.3, 0.4) is 0 Å². The SMILES string of the molecule is CC1CC(NC2CCOC2(C)C)CS1. The van der Waals surface area contributed by atoms with E-state index in [1.54, 1.807) is 0 Å². The average molecular weight is 215 g/mol. The quantitative estimate of drug-likeness (QED) is 0.761. The molecule has 0 saturated carbocycles. The molecule has 3 atom stereocenters. The maximum Gasteiger partial charge on any atom is 0.0779 e. The number of hydrogen-bond acceptors (Lipinski definition) is 3. The summed E-state index contributed by atoms with van der Waals surface area (Å²) >= 11 is 2.09. The lowest BCUT2D eigenvalue weighted by Gasteiger charge is -2.29. The summed E-state index contributed by atoms with van der Waals surface area (Å²) in [5, 5.41) is 4.58. The van der Waals surface area contributed by atoms with Crippen LogP contribution < -0.4 is 5.32 Å². The molecule has 3 unspecified atom stereocenters. The molecule has 0 aromatic carbocycles. The minimum absolute atomic E-state index is 0.0382. The van der Waals surface area contributed by atoms with Crippen LogP contribution in [-0.2, 0) is 4.74 Å². The Morgan fingerprint density at radius 1 is 1.43 bits per heavy atom. The topological polar surface area (TPSA) is 21.3 Å². The van der Waals surface area contributed by atoms with E-state index in [1.807, 2.05) is 0 Å². The zero-order valence-corrected chi connectivity index (χ0v) is 10.2. The van der Waals surface area contributed by atoms with E-state index < -0.39 is 0 Å². The molecular formula is C11H21NOS. The molecule has 0 aliphatic carbocycles. The van der Waals surface area contributed by atoms with Gasteiger partial charge in [-0.05, 0) is 26.7 Å². The maximum absolute atomic E-state index is 5.72. The molecule has 82 valence electrons. The lowest BCUT2D eigenvalue weighted by molar-refractivity contribution is 0.0200. The van der Waals surface area contributed by atoms with Crippen LogP contribution in [0.5, 0.6) is 0 Å². The van der Waals surface area contributed by atoms with Crippen LogP contribution in [0.1, 0.15) is 33.6 Å². The van der Waals surface area contributed by atoms with Gasteiger partial charge in [-0.1, -0.05) is 6.92 Å². The van der Waals surface area contributed by atoms with Gasteiger partial charge in [0.25, 0.3) is 0 Å². The van der Waals surface area contributed by atoms with E-state index in [9.17, 15) is 0 Å². The van der Waals surface area contributed by atoms with Crippen molar-refractivity contribution >= 4 is 11.8 Å². The van der Waals surface area contributed by atoms with Crippen LogP contribution in [0, 0.1) is 0 Å². The van der Waals surface area contributed by atoms with Crippen molar-refractivity contribution < 1.29 is 4.74 Å². The highest BCUT2D eigenvalue weighted by Crippen LogP contribution is 2.30. The number of rotatable bonds is 2. The fourth-order valence-electron chi connectivity index (χ4n) is 2.39. The van der Waals surface area contributed by atoms with Crippen molar-refractivity contribution in [3.63, 3.8) is 0 Å². The molecule has 0 aromatic rings. The summed E-state index contributed by atoms with van der Waals surface area (Å²) in [5.74, 6) is 1.27. The lowest BCUT2D eigenvalue weighted by atomic mass is 9.97. The fraction of sp³-hybridized carbons (Fsp3) is 1.00. The van der Waals surface area contributed by atoms with E-state index in [-0.39, 0.29) is 5.60 Å². The third-order valence-corrected chi connectivity index (χ3v) is 4.71. The van der Waals surface area contributed by atoms with E-state index in [1.165, 1.54) is 18.6 Å². The second-order valence-electron chi connectivity index (χ2n) is 5.04. The first kappa shape index (κ1) is 10.8. The van der Waals surface area contributed by atoms with Crippen molar-refractivity contribution in [1.82, 2.24) is 5.32 Å². The van der Waals surface area contributed by atoms with Crippen LogP contribution in [0.15, 0.2) is 0 Å². The standard InChI is InChI=1S/C11H21NOS/c1-8-6-9(7-14-8)12-10-4-5-13-11(10,2)3/h8-10,12H,4-7H2,1-3H3. The molecule has 0 aromatic heterocycles. The van der Waals surface area contributed by atoms with Crippen molar-refractivity contribution in [3.05, 3.63) is 0 Å². The van der Waals surface area contributed by atoms with E-state index in [2.05, 4.69) is 37.8 Å². The zero-order valence-electron chi connectivity index (χ0n) is 9.38. The Morgan fingerprint density at radius 2 is 2.21 bits per heavy atom. The molecule has 2 heterocycles. The van der Waals surface area contributed by atoms with Gasteiger partial charge in [0.2, 0.25) is 0 Å².